The highest BCUT2D eigenvalue weighted by atomic mass is 79.9. The number of alkyl halides is 1. The Morgan fingerprint density at radius 2 is 1.95 bits per heavy atom. The molecule has 2 rings (SSSR count). The molecule has 1 aromatic rings. The van der Waals surface area contributed by atoms with E-state index in [-0.39, 0.29) is 17.3 Å². The molecule has 0 saturated carbocycles. The lowest BCUT2D eigenvalue weighted by Crippen LogP contribution is -2.35. The van der Waals surface area contributed by atoms with Gasteiger partial charge < -0.3 is 9.57 Å². The maximum atomic E-state index is 6.38. The van der Waals surface area contributed by atoms with Crippen LogP contribution in [0.15, 0.2) is 33.9 Å². The third-order valence-electron chi connectivity index (χ3n) is 2.59. The molecule has 2 atom stereocenters. The Morgan fingerprint density at radius 1 is 1.32 bits per heavy atom. The summed E-state index contributed by atoms with van der Waals surface area (Å²) in [6, 6.07) is 7.84. The predicted octanol–water partition coefficient (Wildman–Crippen LogP) is 4.32. The van der Waals surface area contributed by atoms with Crippen LogP contribution in [0, 0.1) is 0 Å². The van der Waals surface area contributed by atoms with Crippen LogP contribution >= 0.6 is 27.5 Å². The van der Waals surface area contributed by atoms with Crippen molar-refractivity contribution >= 4 is 33.2 Å². The molecule has 1 aliphatic heterocycles. The summed E-state index contributed by atoms with van der Waals surface area (Å²) in [7, 11) is 0. The summed E-state index contributed by atoms with van der Waals surface area (Å²) in [4.78, 5) is 5.39. The first kappa shape index (κ1) is 14.8. The van der Waals surface area contributed by atoms with Gasteiger partial charge in [-0.15, -0.1) is 11.6 Å². The van der Waals surface area contributed by atoms with Crippen LogP contribution in [-0.2, 0) is 9.57 Å². The van der Waals surface area contributed by atoms with Crippen LogP contribution in [0.5, 0.6) is 0 Å². The van der Waals surface area contributed by atoms with E-state index in [0.717, 1.165) is 15.7 Å². The molecule has 1 aliphatic rings. The van der Waals surface area contributed by atoms with Gasteiger partial charge in [0.1, 0.15) is 5.71 Å². The van der Waals surface area contributed by atoms with E-state index in [9.17, 15) is 0 Å². The minimum absolute atomic E-state index is 0.206. The summed E-state index contributed by atoms with van der Waals surface area (Å²) < 4.78 is 6.75. The van der Waals surface area contributed by atoms with Crippen molar-refractivity contribution in [1.82, 2.24) is 0 Å². The largest absolute Gasteiger partial charge is 0.363 e. The lowest BCUT2D eigenvalue weighted by molar-refractivity contribution is -0.200. The maximum absolute atomic E-state index is 6.38. The summed E-state index contributed by atoms with van der Waals surface area (Å²) in [6.45, 7) is 5.94. The lowest BCUT2D eigenvalue weighted by atomic mass is 10.0. The second kappa shape index (κ2) is 5.81. The SMILES string of the molecule is CC(C)(C)O[C@@H]1C[C@H](Cl)C(c2ccc(Br)cc2)=NO1. The highest BCUT2D eigenvalue weighted by Crippen LogP contribution is 2.25. The molecule has 0 fully saturated rings. The standard InChI is InChI=1S/C14H17BrClNO2/c1-14(2,3)18-12-8-11(16)13(17-19-12)9-4-6-10(15)7-5-9/h4-7,11-12H,8H2,1-3H3/t11-,12-/m0/s1. The first-order valence-electron chi connectivity index (χ1n) is 6.17. The number of hydrogen-bond acceptors (Lipinski definition) is 3. The fourth-order valence-electron chi connectivity index (χ4n) is 1.81. The van der Waals surface area contributed by atoms with Gasteiger partial charge in [-0.1, -0.05) is 33.2 Å². The maximum Gasteiger partial charge on any atom is 0.229 e. The van der Waals surface area contributed by atoms with Crippen molar-refractivity contribution < 1.29 is 9.57 Å². The predicted molar refractivity (Wildman–Crippen MR) is 80.6 cm³/mol. The minimum atomic E-state index is -0.387. The molecule has 0 radical (unpaired) electrons. The molecule has 19 heavy (non-hydrogen) atoms. The Kier molecular flexibility index (Phi) is 4.54. The fraction of sp³-hybridized carbons (Fsp3) is 0.500. The van der Waals surface area contributed by atoms with Gasteiger partial charge in [-0.05, 0) is 32.9 Å². The molecule has 1 heterocycles. The van der Waals surface area contributed by atoms with E-state index in [1.807, 2.05) is 45.0 Å². The molecular formula is C14H17BrClNO2. The first-order chi connectivity index (χ1) is 8.85. The van der Waals surface area contributed by atoms with Gasteiger partial charge in [-0.25, -0.2) is 0 Å². The number of rotatable bonds is 2. The number of ether oxygens (including phenoxy) is 1. The summed E-state index contributed by atoms with van der Waals surface area (Å²) >= 11 is 9.78. The topological polar surface area (TPSA) is 30.8 Å². The molecule has 0 saturated heterocycles. The van der Waals surface area contributed by atoms with Crippen molar-refractivity contribution in [1.29, 1.82) is 0 Å². The summed E-state index contributed by atoms with van der Waals surface area (Å²) in [6.07, 6.45) is 0.204. The smallest absolute Gasteiger partial charge is 0.229 e. The van der Waals surface area contributed by atoms with E-state index >= 15 is 0 Å². The highest BCUT2D eigenvalue weighted by Gasteiger charge is 2.30. The number of hydrogen-bond donors (Lipinski definition) is 0. The Balaban J connectivity index is 2.10. The van der Waals surface area contributed by atoms with Gasteiger partial charge in [-0.3, -0.25) is 0 Å². The number of oxime groups is 1. The van der Waals surface area contributed by atoms with Gasteiger partial charge in [-0.2, -0.15) is 0 Å². The van der Waals surface area contributed by atoms with E-state index in [0.29, 0.717) is 6.42 Å². The van der Waals surface area contributed by atoms with Gasteiger partial charge >= 0.3 is 0 Å². The van der Waals surface area contributed by atoms with Crippen molar-refractivity contribution in [2.45, 2.75) is 44.5 Å². The van der Waals surface area contributed by atoms with E-state index < -0.39 is 0 Å². The second-order valence-corrected chi connectivity index (χ2v) is 6.89. The van der Waals surface area contributed by atoms with Gasteiger partial charge in [0.15, 0.2) is 0 Å². The van der Waals surface area contributed by atoms with E-state index in [2.05, 4.69) is 21.1 Å². The molecule has 104 valence electrons. The van der Waals surface area contributed by atoms with E-state index in [4.69, 9.17) is 21.2 Å². The minimum Gasteiger partial charge on any atom is -0.363 e. The highest BCUT2D eigenvalue weighted by molar-refractivity contribution is 9.10. The zero-order valence-corrected chi connectivity index (χ0v) is 13.5. The molecule has 0 N–H and O–H groups in total. The van der Waals surface area contributed by atoms with Crippen LogP contribution in [0.1, 0.15) is 32.8 Å². The number of nitrogens with zero attached hydrogens (tertiary/aromatic N) is 1. The fourth-order valence-corrected chi connectivity index (χ4v) is 2.39. The van der Waals surface area contributed by atoms with Gasteiger partial charge in [0.05, 0.1) is 11.0 Å². The van der Waals surface area contributed by atoms with Crippen molar-refractivity contribution in [2.75, 3.05) is 0 Å². The molecule has 0 unspecified atom stereocenters. The van der Waals surface area contributed by atoms with Crippen LogP contribution < -0.4 is 0 Å². The van der Waals surface area contributed by atoms with Crippen molar-refractivity contribution in [2.24, 2.45) is 5.16 Å². The summed E-state index contributed by atoms with van der Waals surface area (Å²) in [5, 5.41) is 3.91. The molecular weight excluding hydrogens is 330 g/mol. The molecule has 0 aromatic heterocycles. The van der Waals surface area contributed by atoms with Gasteiger partial charge in [0.25, 0.3) is 0 Å². The second-order valence-electron chi connectivity index (χ2n) is 5.45. The Hall–Kier alpha value is -0.580. The lowest BCUT2D eigenvalue weighted by Gasteiger charge is -2.30. The van der Waals surface area contributed by atoms with Crippen LogP contribution in [0.4, 0.5) is 0 Å². The Bertz CT molecular complexity index is 467. The molecule has 0 bridgehead atoms. The van der Waals surface area contributed by atoms with Gasteiger partial charge in [0.2, 0.25) is 6.29 Å². The first-order valence-corrected chi connectivity index (χ1v) is 7.39. The molecule has 0 spiro atoms. The zero-order valence-electron chi connectivity index (χ0n) is 11.2. The van der Waals surface area contributed by atoms with Gasteiger partial charge in [0, 0.05) is 16.5 Å². The summed E-state index contributed by atoms with van der Waals surface area (Å²) in [5.41, 5.74) is 1.45. The molecule has 1 aromatic carbocycles. The average Bonchev–Trinajstić information content (AvgIpc) is 2.29. The molecule has 3 nitrogen and oxygen atoms in total. The van der Waals surface area contributed by atoms with Crippen molar-refractivity contribution in [3.63, 3.8) is 0 Å². The normalized spacial score (nSPS) is 23.7. The van der Waals surface area contributed by atoms with Crippen LogP contribution in [0.25, 0.3) is 0 Å². The van der Waals surface area contributed by atoms with E-state index in [1.54, 1.807) is 0 Å². The van der Waals surface area contributed by atoms with Crippen molar-refractivity contribution in [3.8, 4) is 0 Å². The number of benzene rings is 1. The Morgan fingerprint density at radius 3 is 2.47 bits per heavy atom. The van der Waals surface area contributed by atoms with Crippen LogP contribution in [0.3, 0.4) is 0 Å². The van der Waals surface area contributed by atoms with Crippen molar-refractivity contribution in [3.05, 3.63) is 34.3 Å². The molecule has 5 heteroatoms. The van der Waals surface area contributed by atoms with Crippen LogP contribution in [-0.4, -0.2) is 23.0 Å². The monoisotopic (exact) mass is 345 g/mol. The summed E-state index contributed by atoms with van der Waals surface area (Å²) in [5.74, 6) is 0. The van der Waals surface area contributed by atoms with Crippen LogP contribution in [0.2, 0.25) is 0 Å². The molecule has 0 aliphatic carbocycles. The Labute approximate surface area is 127 Å². The molecule has 0 amide bonds. The quantitative estimate of drug-likeness (QED) is 0.747. The third kappa shape index (κ3) is 4.20. The van der Waals surface area contributed by atoms with E-state index in [1.165, 1.54) is 0 Å². The third-order valence-corrected chi connectivity index (χ3v) is 3.50. The average molecular weight is 347 g/mol. The zero-order chi connectivity index (χ0) is 14.0. The number of halogens is 2.